The molecule has 0 bridgehead atoms. The number of hydrogen-bond acceptors (Lipinski definition) is 3. The van der Waals surface area contributed by atoms with E-state index in [4.69, 9.17) is 10.00 Å². The molecule has 100 valence electrons. The van der Waals surface area contributed by atoms with Crippen LogP contribution in [0.2, 0.25) is 0 Å². The lowest BCUT2D eigenvalue weighted by Gasteiger charge is -2.07. The first kappa shape index (κ1) is 14.7. The molecular formula is C14H23N3O. The van der Waals surface area contributed by atoms with E-state index in [0.717, 1.165) is 38.3 Å². The summed E-state index contributed by atoms with van der Waals surface area (Å²) in [7, 11) is 1.89. The molecule has 0 aliphatic carbocycles. The molecule has 0 aliphatic rings. The van der Waals surface area contributed by atoms with Crippen LogP contribution < -0.4 is 5.32 Å². The van der Waals surface area contributed by atoms with Crippen LogP contribution in [0.25, 0.3) is 0 Å². The van der Waals surface area contributed by atoms with E-state index in [1.807, 2.05) is 23.9 Å². The molecular weight excluding hydrogens is 226 g/mol. The maximum atomic E-state index is 8.84. The molecule has 0 spiro atoms. The summed E-state index contributed by atoms with van der Waals surface area (Å²) in [6.07, 6.45) is 3.01. The second-order valence-electron chi connectivity index (χ2n) is 4.96. The molecule has 0 amide bonds. The summed E-state index contributed by atoms with van der Waals surface area (Å²) in [6, 6.07) is 4.08. The molecule has 18 heavy (non-hydrogen) atoms. The minimum absolute atomic E-state index is 0.603. The van der Waals surface area contributed by atoms with Gasteiger partial charge in [0, 0.05) is 33.0 Å². The third kappa shape index (κ3) is 5.35. The van der Waals surface area contributed by atoms with Crippen molar-refractivity contribution in [3.63, 3.8) is 0 Å². The molecule has 1 aromatic rings. The summed E-state index contributed by atoms with van der Waals surface area (Å²) in [5.41, 5.74) is 1.85. The van der Waals surface area contributed by atoms with Crippen LogP contribution in [0.4, 0.5) is 0 Å². The summed E-state index contributed by atoms with van der Waals surface area (Å²) in [4.78, 5) is 0. The minimum atomic E-state index is 0.603. The molecule has 0 unspecified atom stereocenters. The van der Waals surface area contributed by atoms with Crippen LogP contribution in [-0.2, 0) is 18.3 Å². The normalized spacial score (nSPS) is 10.8. The Bertz CT molecular complexity index is 390. The highest BCUT2D eigenvalue weighted by molar-refractivity contribution is 5.28. The second-order valence-corrected chi connectivity index (χ2v) is 4.96. The Morgan fingerprint density at radius 3 is 2.89 bits per heavy atom. The molecule has 0 radical (unpaired) electrons. The van der Waals surface area contributed by atoms with Crippen LogP contribution in [0.3, 0.4) is 0 Å². The first-order valence-corrected chi connectivity index (χ1v) is 6.47. The van der Waals surface area contributed by atoms with Crippen molar-refractivity contribution in [2.75, 3.05) is 19.8 Å². The Hall–Kier alpha value is -1.31. The molecule has 0 saturated heterocycles. The number of aryl methyl sites for hydroxylation is 1. The van der Waals surface area contributed by atoms with E-state index in [2.05, 4.69) is 25.2 Å². The highest BCUT2D eigenvalue weighted by Crippen LogP contribution is 2.05. The fourth-order valence-corrected chi connectivity index (χ4v) is 1.69. The monoisotopic (exact) mass is 249 g/mol. The van der Waals surface area contributed by atoms with Crippen LogP contribution in [0.15, 0.2) is 12.3 Å². The summed E-state index contributed by atoms with van der Waals surface area (Å²) in [5, 5.41) is 12.2. The van der Waals surface area contributed by atoms with Gasteiger partial charge in [0.05, 0.1) is 0 Å². The third-order valence-electron chi connectivity index (χ3n) is 2.60. The predicted molar refractivity (Wildman–Crippen MR) is 72.1 cm³/mol. The van der Waals surface area contributed by atoms with Crippen molar-refractivity contribution in [2.24, 2.45) is 13.0 Å². The van der Waals surface area contributed by atoms with Gasteiger partial charge in [-0.15, -0.1) is 0 Å². The zero-order valence-electron chi connectivity index (χ0n) is 11.6. The van der Waals surface area contributed by atoms with Gasteiger partial charge in [-0.3, -0.25) is 0 Å². The van der Waals surface area contributed by atoms with Crippen molar-refractivity contribution < 1.29 is 4.74 Å². The van der Waals surface area contributed by atoms with Crippen molar-refractivity contribution in [1.29, 1.82) is 5.26 Å². The summed E-state index contributed by atoms with van der Waals surface area (Å²) in [5.74, 6) is 0.603. The van der Waals surface area contributed by atoms with Crippen molar-refractivity contribution in [2.45, 2.75) is 26.8 Å². The van der Waals surface area contributed by atoms with Gasteiger partial charge in [0.2, 0.25) is 0 Å². The number of nitrogens with one attached hydrogen (secondary N) is 1. The molecule has 4 heteroatoms. The van der Waals surface area contributed by atoms with Crippen LogP contribution in [0.5, 0.6) is 0 Å². The zero-order chi connectivity index (χ0) is 13.4. The Balaban J connectivity index is 2.09. The quantitative estimate of drug-likeness (QED) is 0.717. The Kier molecular flexibility index (Phi) is 6.48. The lowest BCUT2D eigenvalue weighted by atomic mass is 10.2. The van der Waals surface area contributed by atoms with E-state index in [0.29, 0.717) is 11.6 Å². The molecule has 0 atom stereocenters. The average molecular weight is 249 g/mol. The van der Waals surface area contributed by atoms with E-state index in [1.54, 1.807) is 0 Å². The minimum Gasteiger partial charge on any atom is -0.381 e. The van der Waals surface area contributed by atoms with E-state index in [1.165, 1.54) is 0 Å². The van der Waals surface area contributed by atoms with Crippen LogP contribution >= 0.6 is 0 Å². The molecule has 0 aromatic carbocycles. The highest BCUT2D eigenvalue weighted by Gasteiger charge is 2.01. The average Bonchev–Trinajstić information content (AvgIpc) is 2.68. The zero-order valence-corrected chi connectivity index (χ0v) is 11.6. The van der Waals surface area contributed by atoms with Gasteiger partial charge in [0.25, 0.3) is 0 Å². The van der Waals surface area contributed by atoms with Gasteiger partial charge in [0.1, 0.15) is 11.8 Å². The summed E-state index contributed by atoms with van der Waals surface area (Å²) >= 11 is 0. The number of rotatable bonds is 8. The van der Waals surface area contributed by atoms with Crippen molar-refractivity contribution in [1.82, 2.24) is 9.88 Å². The summed E-state index contributed by atoms with van der Waals surface area (Å²) < 4.78 is 7.35. The first-order chi connectivity index (χ1) is 8.63. The molecule has 0 saturated carbocycles. The SMILES string of the molecule is CC(C)COCCCNCc1cc(C#N)n(C)c1. The Morgan fingerprint density at radius 2 is 2.28 bits per heavy atom. The van der Waals surface area contributed by atoms with Gasteiger partial charge in [-0.2, -0.15) is 5.26 Å². The van der Waals surface area contributed by atoms with Crippen LogP contribution in [0, 0.1) is 17.2 Å². The topological polar surface area (TPSA) is 50.0 Å². The summed E-state index contributed by atoms with van der Waals surface area (Å²) in [6.45, 7) is 7.70. The molecule has 1 N–H and O–H groups in total. The van der Waals surface area contributed by atoms with Gasteiger partial charge in [-0.25, -0.2) is 0 Å². The lowest BCUT2D eigenvalue weighted by Crippen LogP contribution is -2.16. The van der Waals surface area contributed by atoms with Crippen LogP contribution in [-0.4, -0.2) is 24.3 Å². The lowest BCUT2D eigenvalue weighted by molar-refractivity contribution is 0.108. The van der Waals surface area contributed by atoms with E-state index in [-0.39, 0.29) is 0 Å². The van der Waals surface area contributed by atoms with Gasteiger partial charge >= 0.3 is 0 Å². The van der Waals surface area contributed by atoms with Gasteiger partial charge in [0.15, 0.2) is 0 Å². The Labute approximate surface area is 110 Å². The molecule has 0 aliphatic heterocycles. The van der Waals surface area contributed by atoms with Crippen molar-refractivity contribution in [3.8, 4) is 6.07 Å². The van der Waals surface area contributed by atoms with Gasteiger partial charge in [-0.1, -0.05) is 13.8 Å². The number of aromatic nitrogens is 1. The fraction of sp³-hybridized carbons (Fsp3) is 0.643. The van der Waals surface area contributed by atoms with Crippen molar-refractivity contribution >= 4 is 0 Å². The predicted octanol–water partition coefficient (Wildman–Crippen LogP) is 2.05. The van der Waals surface area contributed by atoms with Crippen LogP contribution in [0.1, 0.15) is 31.5 Å². The van der Waals surface area contributed by atoms with E-state index < -0.39 is 0 Å². The van der Waals surface area contributed by atoms with Gasteiger partial charge < -0.3 is 14.6 Å². The van der Waals surface area contributed by atoms with Gasteiger partial charge in [-0.05, 0) is 30.5 Å². The molecule has 1 rings (SSSR count). The molecule has 1 aromatic heterocycles. The molecule has 1 heterocycles. The number of nitrogens with zero attached hydrogens (tertiary/aromatic N) is 2. The molecule has 4 nitrogen and oxygen atoms in total. The standard InChI is InChI=1S/C14H23N3O/c1-12(2)11-18-6-4-5-16-9-13-7-14(8-15)17(3)10-13/h7,10,12,16H,4-6,9,11H2,1-3H3. The first-order valence-electron chi connectivity index (χ1n) is 6.47. The van der Waals surface area contributed by atoms with E-state index in [9.17, 15) is 0 Å². The smallest absolute Gasteiger partial charge is 0.120 e. The molecule has 0 fully saturated rings. The third-order valence-corrected chi connectivity index (χ3v) is 2.60. The number of hydrogen-bond donors (Lipinski definition) is 1. The second kappa shape index (κ2) is 7.91. The number of nitriles is 1. The number of ether oxygens (including phenoxy) is 1. The van der Waals surface area contributed by atoms with Crippen molar-refractivity contribution in [3.05, 3.63) is 23.5 Å². The highest BCUT2D eigenvalue weighted by atomic mass is 16.5. The fourth-order valence-electron chi connectivity index (χ4n) is 1.69. The maximum Gasteiger partial charge on any atom is 0.120 e. The largest absolute Gasteiger partial charge is 0.381 e. The maximum absolute atomic E-state index is 8.84. The Morgan fingerprint density at radius 1 is 1.50 bits per heavy atom. The van der Waals surface area contributed by atoms with E-state index >= 15 is 0 Å².